The number of ether oxygens (including phenoxy) is 1. The number of fused-ring (bicyclic) bond motifs is 1. The molecule has 1 fully saturated rings. The Balaban J connectivity index is 1.54. The molecule has 1 aromatic carbocycles. The minimum atomic E-state index is 0.639. The molecule has 104 valence electrons. The van der Waals surface area contributed by atoms with Crippen molar-refractivity contribution < 1.29 is 4.74 Å². The molecule has 0 aromatic heterocycles. The fourth-order valence-electron chi connectivity index (χ4n) is 2.89. The van der Waals surface area contributed by atoms with Gasteiger partial charge in [0.2, 0.25) is 0 Å². The third-order valence-corrected chi connectivity index (χ3v) is 4.62. The molecule has 1 unspecified atom stereocenters. The molecule has 0 bridgehead atoms. The molecule has 2 N–H and O–H groups in total. The Morgan fingerprint density at radius 1 is 1.26 bits per heavy atom. The number of anilines is 1. The van der Waals surface area contributed by atoms with Crippen LogP contribution in [0.4, 0.5) is 5.69 Å². The van der Waals surface area contributed by atoms with Crippen LogP contribution in [0.25, 0.3) is 0 Å². The lowest BCUT2D eigenvalue weighted by atomic mass is 10.0. The van der Waals surface area contributed by atoms with Crippen LogP contribution in [0.5, 0.6) is 5.75 Å². The molecule has 2 aliphatic rings. The van der Waals surface area contributed by atoms with Crippen molar-refractivity contribution in [1.82, 2.24) is 5.32 Å². The highest BCUT2D eigenvalue weighted by molar-refractivity contribution is 9.10. The van der Waals surface area contributed by atoms with Crippen LogP contribution in [0.1, 0.15) is 31.2 Å². The summed E-state index contributed by atoms with van der Waals surface area (Å²) in [6.07, 6.45) is 6.16. The van der Waals surface area contributed by atoms with Crippen molar-refractivity contribution in [3.8, 4) is 5.75 Å². The van der Waals surface area contributed by atoms with Crippen LogP contribution >= 0.6 is 15.9 Å². The van der Waals surface area contributed by atoms with Gasteiger partial charge in [0.05, 0.1) is 11.1 Å². The molecule has 0 aliphatic carbocycles. The van der Waals surface area contributed by atoms with Crippen LogP contribution in [0, 0.1) is 0 Å². The van der Waals surface area contributed by atoms with Gasteiger partial charge in [0.25, 0.3) is 0 Å². The summed E-state index contributed by atoms with van der Waals surface area (Å²) in [5.41, 5.74) is 2.61. The lowest BCUT2D eigenvalue weighted by Crippen LogP contribution is -2.35. The highest BCUT2D eigenvalue weighted by atomic mass is 79.9. The third-order valence-electron chi connectivity index (χ3n) is 4.00. The zero-order valence-electron chi connectivity index (χ0n) is 11.2. The normalized spacial score (nSPS) is 21.8. The van der Waals surface area contributed by atoms with Gasteiger partial charge in [0.15, 0.2) is 0 Å². The maximum atomic E-state index is 5.94. The lowest BCUT2D eigenvalue weighted by molar-refractivity contribution is 0.267. The van der Waals surface area contributed by atoms with Gasteiger partial charge in [-0.15, -0.1) is 0 Å². The van der Waals surface area contributed by atoms with E-state index in [1.807, 2.05) is 0 Å². The second kappa shape index (κ2) is 6.14. The molecular formula is C15H21BrN2O. The van der Waals surface area contributed by atoms with Gasteiger partial charge in [0, 0.05) is 24.3 Å². The van der Waals surface area contributed by atoms with Gasteiger partial charge in [-0.25, -0.2) is 0 Å². The second-order valence-corrected chi connectivity index (χ2v) is 6.25. The van der Waals surface area contributed by atoms with E-state index >= 15 is 0 Å². The van der Waals surface area contributed by atoms with Crippen LogP contribution in [0.2, 0.25) is 0 Å². The predicted molar refractivity (Wildman–Crippen MR) is 82.1 cm³/mol. The molecule has 1 aromatic rings. The summed E-state index contributed by atoms with van der Waals surface area (Å²) in [6, 6.07) is 4.95. The molecule has 0 saturated carbocycles. The quantitative estimate of drug-likeness (QED) is 0.891. The molecule has 1 atom stereocenters. The van der Waals surface area contributed by atoms with Crippen LogP contribution in [-0.2, 0) is 6.42 Å². The van der Waals surface area contributed by atoms with Gasteiger partial charge in [-0.3, -0.25) is 0 Å². The minimum absolute atomic E-state index is 0.639. The van der Waals surface area contributed by atoms with E-state index in [1.165, 1.54) is 30.5 Å². The number of nitrogens with one attached hydrogen (secondary N) is 2. The van der Waals surface area contributed by atoms with Crippen LogP contribution in [0.15, 0.2) is 16.6 Å². The van der Waals surface area contributed by atoms with E-state index in [9.17, 15) is 0 Å². The smallest absolute Gasteiger partial charge is 0.135 e. The molecule has 2 heterocycles. The Labute approximate surface area is 123 Å². The summed E-state index contributed by atoms with van der Waals surface area (Å²) in [5.74, 6) is 0.962. The number of benzene rings is 1. The Morgan fingerprint density at radius 3 is 3.05 bits per heavy atom. The molecule has 0 radical (unpaired) electrons. The van der Waals surface area contributed by atoms with Gasteiger partial charge in [-0.1, -0.05) is 6.42 Å². The summed E-state index contributed by atoms with van der Waals surface area (Å²) < 4.78 is 7.01. The molecule has 19 heavy (non-hydrogen) atoms. The van der Waals surface area contributed by atoms with Crippen molar-refractivity contribution in [2.45, 2.75) is 38.1 Å². The standard InChI is InChI=1S/C15H21BrN2O/c16-13-9-11-4-7-18-14(11)10-15(13)19-8-5-12-3-1-2-6-17-12/h9-10,12,17-18H,1-8H2. The lowest BCUT2D eigenvalue weighted by Gasteiger charge is -2.23. The second-order valence-electron chi connectivity index (χ2n) is 5.40. The van der Waals surface area contributed by atoms with Crippen LogP contribution < -0.4 is 15.4 Å². The molecular weight excluding hydrogens is 304 g/mol. The summed E-state index contributed by atoms with van der Waals surface area (Å²) >= 11 is 3.61. The van der Waals surface area contributed by atoms with Gasteiger partial charge in [0.1, 0.15) is 5.75 Å². The van der Waals surface area contributed by atoms with Gasteiger partial charge < -0.3 is 15.4 Å². The van der Waals surface area contributed by atoms with E-state index in [1.54, 1.807) is 0 Å². The van der Waals surface area contributed by atoms with Gasteiger partial charge in [-0.2, -0.15) is 0 Å². The molecule has 0 spiro atoms. The number of rotatable bonds is 4. The summed E-state index contributed by atoms with van der Waals surface area (Å²) in [7, 11) is 0. The van der Waals surface area contributed by atoms with E-state index in [0.717, 1.165) is 42.8 Å². The molecule has 3 nitrogen and oxygen atoms in total. The highest BCUT2D eigenvalue weighted by Crippen LogP contribution is 2.34. The Bertz CT molecular complexity index is 444. The maximum absolute atomic E-state index is 5.94. The zero-order chi connectivity index (χ0) is 13.1. The zero-order valence-corrected chi connectivity index (χ0v) is 12.8. The molecule has 1 saturated heterocycles. The van der Waals surface area contributed by atoms with E-state index in [4.69, 9.17) is 4.74 Å². The first-order chi connectivity index (χ1) is 9.33. The van der Waals surface area contributed by atoms with E-state index in [2.05, 4.69) is 38.7 Å². The monoisotopic (exact) mass is 324 g/mol. The van der Waals surface area contributed by atoms with Crippen molar-refractivity contribution >= 4 is 21.6 Å². The number of hydrogen-bond acceptors (Lipinski definition) is 3. The highest BCUT2D eigenvalue weighted by Gasteiger charge is 2.15. The van der Waals surface area contributed by atoms with Crippen molar-refractivity contribution in [3.63, 3.8) is 0 Å². The first kappa shape index (κ1) is 13.3. The number of halogens is 1. The predicted octanol–water partition coefficient (Wildman–Crippen LogP) is 3.33. The fourth-order valence-corrected chi connectivity index (χ4v) is 3.40. The maximum Gasteiger partial charge on any atom is 0.135 e. The fraction of sp³-hybridized carbons (Fsp3) is 0.600. The molecule has 2 aliphatic heterocycles. The van der Waals surface area contributed by atoms with Crippen LogP contribution in [0.3, 0.4) is 0 Å². The molecule has 4 heteroatoms. The van der Waals surface area contributed by atoms with Crippen molar-refractivity contribution in [2.24, 2.45) is 0 Å². The van der Waals surface area contributed by atoms with Gasteiger partial charge >= 0.3 is 0 Å². The number of piperidine rings is 1. The van der Waals surface area contributed by atoms with E-state index in [0.29, 0.717) is 6.04 Å². The van der Waals surface area contributed by atoms with Crippen molar-refractivity contribution in [3.05, 3.63) is 22.2 Å². The average Bonchev–Trinajstić information content (AvgIpc) is 2.87. The first-order valence-corrected chi connectivity index (χ1v) is 8.05. The summed E-state index contributed by atoms with van der Waals surface area (Å²) in [5, 5.41) is 6.95. The third kappa shape index (κ3) is 3.23. The largest absolute Gasteiger partial charge is 0.492 e. The van der Waals surface area contributed by atoms with E-state index < -0.39 is 0 Å². The number of hydrogen-bond donors (Lipinski definition) is 2. The van der Waals surface area contributed by atoms with Crippen molar-refractivity contribution in [1.29, 1.82) is 0 Å². The summed E-state index contributed by atoms with van der Waals surface area (Å²) in [6.45, 7) is 2.99. The first-order valence-electron chi connectivity index (χ1n) is 7.25. The topological polar surface area (TPSA) is 33.3 Å². The van der Waals surface area contributed by atoms with E-state index in [-0.39, 0.29) is 0 Å². The molecule has 0 amide bonds. The Morgan fingerprint density at radius 2 is 2.21 bits per heavy atom. The summed E-state index contributed by atoms with van der Waals surface area (Å²) in [4.78, 5) is 0. The van der Waals surface area contributed by atoms with Crippen molar-refractivity contribution in [2.75, 3.05) is 25.0 Å². The minimum Gasteiger partial charge on any atom is -0.492 e. The Kier molecular flexibility index (Phi) is 4.28. The average molecular weight is 325 g/mol. The Hall–Kier alpha value is -0.740. The van der Waals surface area contributed by atoms with Gasteiger partial charge in [-0.05, 0) is 59.8 Å². The molecule has 3 rings (SSSR count). The van der Waals surface area contributed by atoms with Crippen LogP contribution in [-0.4, -0.2) is 25.7 Å². The SMILES string of the molecule is Brc1cc2c(cc1OCCC1CCCCN1)NCC2.